The molecule has 3 N–H and O–H groups in total. The highest BCUT2D eigenvalue weighted by molar-refractivity contribution is 6.29. The fourth-order valence-corrected chi connectivity index (χ4v) is 4.03. The third-order valence-corrected chi connectivity index (χ3v) is 5.77. The fraction of sp³-hybridized carbons (Fsp3) is 0.583. The number of carbonyl (C=O) groups excluding carboxylic acids is 1. The minimum Gasteiger partial charge on any atom is -0.379 e. The summed E-state index contributed by atoms with van der Waals surface area (Å²) >= 11 is 5.95. The van der Waals surface area contributed by atoms with E-state index in [4.69, 9.17) is 25.8 Å². The maximum atomic E-state index is 14.4. The lowest BCUT2D eigenvalue weighted by Gasteiger charge is -2.30. The summed E-state index contributed by atoms with van der Waals surface area (Å²) in [5.41, 5.74) is 0.649. The summed E-state index contributed by atoms with van der Waals surface area (Å²) in [4.78, 5) is 24.6. The monoisotopic (exact) mass is 524 g/mol. The van der Waals surface area contributed by atoms with Gasteiger partial charge in [0.15, 0.2) is 17.5 Å². The van der Waals surface area contributed by atoms with Gasteiger partial charge in [0, 0.05) is 37.0 Å². The van der Waals surface area contributed by atoms with Gasteiger partial charge in [-0.1, -0.05) is 11.6 Å². The lowest BCUT2D eigenvalue weighted by Crippen LogP contribution is -2.46. The van der Waals surface area contributed by atoms with Crippen LogP contribution in [-0.2, 0) is 14.2 Å². The number of hydrogen-bond donors (Lipinski definition) is 3. The molecule has 0 unspecified atom stereocenters. The van der Waals surface area contributed by atoms with Crippen molar-refractivity contribution in [3.8, 4) is 11.4 Å². The molecule has 2 aromatic rings. The number of amides is 2. The maximum absolute atomic E-state index is 14.4. The molecule has 10 nitrogen and oxygen atoms in total. The number of nitrogens with zero attached hydrogens (tertiary/aromatic N) is 3. The highest BCUT2D eigenvalue weighted by Gasteiger charge is 2.24. The van der Waals surface area contributed by atoms with E-state index in [0.29, 0.717) is 69.1 Å². The number of halogens is 2. The van der Waals surface area contributed by atoms with E-state index in [-0.39, 0.29) is 23.9 Å². The number of pyridine rings is 1. The van der Waals surface area contributed by atoms with Gasteiger partial charge in [0.2, 0.25) is 0 Å². The van der Waals surface area contributed by atoms with Crippen molar-refractivity contribution in [2.45, 2.75) is 44.7 Å². The quantitative estimate of drug-likeness (QED) is 0.254. The van der Waals surface area contributed by atoms with Crippen molar-refractivity contribution in [3.63, 3.8) is 0 Å². The summed E-state index contributed by atoms with van der Waals surface area (Å²) in [5, 5.41) is 9.28. The maximum Gasteiger partial charge on any atom is 0.315 e. The second-order valence-corrected chi connectivity index (χ2v) is 8.67. The first kappa shape index (κ1) is 28.0. The van der Waals surface area contributed by atoms with Crippen molar-refractivity contribution >= 4 is 23.4 Å². The van der Waals surface area contributed by atoms with Crippen LogP contribution < -0.4 is 16.0 Å². The minimum atomic E-state index is -0.536. The van der Waals surface area contributed by atoms with Crippen LogP contribution in [0.5, 0.6) is 0 Å². The van der Waals surface area contributed by atoms with Crippen molar-refractivity contribution in [2.75, 3.05) is 51.5 Å². The van der Waals surface area contributed by atoms with Crippen molar-refractivity contribution in [2.24, 2.45) is 0 Å². The molecular formula is C24H34ClFN6O4. The molecule has 0 aliphatic heterocycles. The van der Waals surface area contributed by atoms with E-state index < -0.39 is 5.82 Å². The van der Waals surface area contributed by atoms with Crippen molar-refractivity contribution < 1.29 is 23.4 Å². The summed E-state index contributed by atoms with van der Waals surface area (Å²) in [7, 11) is 0. The summed E-state index contributed by atoms with van der Waals surface area (Å²) in [5.74, 6) is -0.0548. The van der Waals surface area contributed by atoms with Gasteiger partial charge in [-0.15, -0.1) is 0 Å². The van der Waals surface area contributed by atoms with Crippen LogP contribution >= 0.6 is 11.6 Å². The van der Waals surface area contributed by atoms with Gasteiger partial charge >= 0.3 is 6.03 Å². The predicted molar refractivity (Wildman–Crippen MR) is 135 cm³/mol. The van der Waals surface area contributed by atoms with E-state index in [1.807, 2.05) is 6.92 Å². The van der Waals surface area contributed by atoms with Gasteiger partial charge in [-0.2, -0.15) is 0 Å². The second kappa shape index (κ2) is 15.5. The Morgan fingerprint density at radius 2 is 1.86 bits per heavy atom. The standard InChI is InChI=1S/C24H34ClFN6O4/c1-2-34-10-11-36-13-12-35-9-8-28-24(33)31-19-5-3-4-18(15-19)30-23-20(26)16-29-22(32-23)17-6-7-27-21(25)14-17/h6-7,14,16,18-19H,2-5,8-13,15H2,1H3,(H2,28,31,33)(H,29,30,32)/t18-,19+/m1/s1. The Morgan fingerprint density at radius 3 is 2.64 bits per heavy atom. The molecule has 0 spiro atoms. The molecule has 0 saturated heterocycles. The molecule has 1 fully saturated rings. The van der Waals surface area contributed by atoms with Gasteiger partial charge in [0.25, 0.3) is 0 Å². The zero-order valence-corrected chi connectivity index (χ0v) is 21.2. The van der Waals surface area contributed by atoms with Gasteiger partial charge in [0.05, 0.1) is 39.2 Å². The summed E-state index contributed by atoms with van der Waals surface area (Å²) < 4.78 is 30.4. The van der Waals surface area contributed by atoms with E-state index in [2.05, 4.69) is 30.9 Å². The number of carbonyl (C=O) groups is 1. The van der Waals surface area contributed by atoms with Crippen LogP contribution in [0.15, 0.2) is 24.5 Å². The van der Waals surface area contributed by atoms with Gasteiger partial charge in [-0.05, 0) is 44.7 Å². The number of nitrogens with one attached hydrogen (secondary N) is 3. The van der Waals surface area contributed by atoms with E-state index >= 15 is 0 Å². The lowest BCUT2D eigenvalue weighted by atomic mass is 9.91. The molecule has 2 amide bonds. The number of anilines is 1. The van der Waals surface area contributed by atoms with E-state index in [1.54, 1.807) is 18.3 Å². The predicted octanol–water partition coefficient (Wildman–Crippen LogP) is 3.42. The first-order chi connectivity index (χ1) is 17.5. The topological polar surface area (TPSA) is 120 Å². The summed E-state index contributed by atoms with van der Waals surface area (Å²) in [6.07, 6.45) is 5.94. The van der Waals surface area contributed by atoms with Gasteiger partial charge in [-0.3, -0.25) is 0 Å². The molecular weight excluding hydrogens is 491 g/mol. The molecule has 3 rings (SSSR count). The van der Waals surface area contributed by atoms with E-state index in [0.717, 1.165) is 25.5 Å². The van der Waals surface area contributed by atoms with Crippen molar-refractivity contribution in [1.29, 1.82) is 0 Å². The first-order valence-electron chi connectivity index (χ1n) is 12.2. The van der Waals surface area contributed by atoms with Gasteiger partial charge in [-0.25, -0.2) is 24.1 Å². The number of hydrogen-bond acceptors (Lipinski definition) is 8. The molecule has 1 aliphatic carbocycles. The molecule has 2 aromatic heterocycles. The van der Waals surface area contributed by atoms with Crippen LogP contribution in [-0.4, -0.2) is 79.3 Å². The Balaban J connectivity index is 1.37. The van der Waals surface area contributed by atoms with E-state index in [1.165, 1.54) is 0 Å². The minimum absolute atomic E-state index is 0.0284. The zero-order chi connectivity index (χ0) is 25.6. The molecule has 0 radical (unpaired) electrons. The van der Waals surface area contributed by atoms with Crippen LogP contribution in [0.4, 0.5) is 15.0 Å². The number of ether oxygens (including phenoxy) is 3. The largest absolute Gasteiger partial charge is 0.379 e. The van der Waals surface area contributed by atoms with E-state index in [9.17, 15) is 9.18 Å². The highest BCUT2D eigenvalue weighted by Crippen LogP contribution is 2.25. The molecule has 0 bridgehead atoms. The molecule has 2 heterocycles. The first-order valence-corrected chi connectivity index (χ1v) is 12.6. The molecule has 1 saturated carbocycles. The Morgan fingerprint density at radius 1 is 1.11 bits per heavy atom. The van der Waals surface area contributed by atoms with Gasteiger partial charge in [0.1, 0.15) is 5.15 Å². The second-order valence-electron chi connectivity index (χ2n) is 8.28. The number of urea groups is 1. The summed E-state index contributed by atoms with van der Waals surface area (Å²) in [6.45, 7) is 5.47. The Hall–Kier alpha value is -2.60. The Labute approximate surface area is 215 Å². The van der Waals surface area contributed by atoms with Crippen LogP contribution in [0.1, 0.15) is 32.6 Å². The van der Waals surface area contributed by atoms with Crippen LogP contribution in [0.25, 0.3) is 11.4 Å². The molecule has 198 valence electrons. The summed E-state index contributed by atoms with van der Waals surface area (Å²) in [6, 6.07) is 3.03. The van der Waals surface area contributed by atoms with Crippen molar-refractivity contribution in [1.82, 2.24) is 25.6 Å². The molecule has 2 atom stereocenters. The normalized spacial score (nSPS) is 17.5. The molecule has 36 heavy (non-hydrogen) atoms. The zero-order valence-electron chi connectivity index (χ0n) is 20.5. The third kappa shape index (κ3) is 9.81. The molecule has 0 aromatic carbocycles. The average Bonchev–Trinajstić information content (AvgIpc) is 2.87. The number of aromatic nitrogens is 3. The third-order valence-electron chi connectivity index (χ3n) is 5.56. The SMILES string of the molecule is CCOCCOCCOCCNC(=O)N[C@H]1CCC[C@@H](Nc2nc(-c3ccnc(Cl)c3)ncc2F)C1. The Kier molecular flexibility index (Phi) is 12.0. The van der Waals surface area contributed by atoms with Crippen molar-refractivity contribution in [3.05, 3.63) is 35.5 Å². The Bertz CT molecular complexity index is 957. The van der Waals surface area contributed by atoms with Gasteiger partial charge < -0.3 is 30.2 Å². The fourth-order valence-electron chi connectivity index (χ4n) is 3.85. The number of rotatable bonds is 14. The molecule has 1 aliphatic rings. The average molecular weight is 525 g/mol. The smallest absolute Gasteiger partial charge is 0.315 e. The lowest BCUT2D eigenvalue weighted by molar-refractivity contribution is 0.0178. The molecule has 12 heteroatoms. The van der Waals surface area contributed by atoms with Crippen LogP contribution in [0.2, 0.25) is 5.15 Å². The van der Waals surface area contributed by atoms with Crippen LogP contribution in [0.3, 0.4) is 0 Å². The highest BCUT2D eigenvalue weighted by atomic mass is 35.5. The van der Waals surface area contributed by atoms with Crippen LogP contribution in [0, 0.1) is 5.82 Å².